The van der Waals surface area contributed by atoms with Crippen LogP contribution < -0.4 is 5.32 Å². The summed E-state index contributed by atoms with van der Waals surface area (Å²) in [7, 11) is 0. The van der Waals surface area contributed by atoms with Crippen LogP contribution >= 0.6 is 38.9 Å². The van der Waals surface area contributed by atoms with E-state index in [9.17, 15) is 0 Å². The van der Waals surface area contributed by atoms with Gasteiger partial charge in [-0.15, -0.1) is 11.3 Å². The minimum absolute atomic E-state index is 0.0386. The lowest BCUT2D eigenvalue weighted by atomic mass is 9.93. The van der Waals surface area contributed by atoms with Gasteiger partial charge in [0.2, 0.25) is 0 Å². The molecule has 0 saturated heterocycles. The summed E-state index contributed by atoms with van der Waals surface area (Å²) in [4.78, 5) is 4.83. The van der Waals surface area contributed by atoms with Crippen molar-refractivity contribution in [2.75, 3.05) is 6.54 Å². The Kier molecular flexibility index (Phi) is 5.47. The molecule has 0 saturated carbocycles. The summed E-state index contributed by atoms with van der Waals surface area (Å²) in [6.45, 7) is 9.50. The standard InChI is InChI=1S/C16H20BrClN2S/c1-5-19-14(11-7-6-10(17)8-12(11)18)15-20-13(9-21-15)16(2,3)4/h6-9,14,19H,5H2,1-4H3. The quantitative estimate of drug-likeness (QED) is 0.743. The van der Waals surface area contributed by atoms with Crippen molar-refractivity contribution in [1.29, 1.82) is 0 Å². The minimum Gasteiger partial charge on any atom is -0.304 e. The van der Waals surface area contributed by atoms with Crippen molar-refractivity contribution in [2.45, 2.75) is 39.2 Å². The van der Waals surface area contributed by atoms with E-state index in [0.717, 1.165) is 32.3 Å². The van der Waals surface area contributed by atoms with E-state index in [0.29, 0.717) is 0 Å². The van der Waals surface area contributed by atoms with E-state index in [4.69, 9.17) is 16.6 Å². The van der Waals surface area contributed by atoms with Crippen LogP contribution in [0.1, 0.15) is 50.0 Å². The van der Waals surface area contributed by atoms with Crippen LogP contribution in [-0.2, 0) is 5.41 Å². The van der Waals surface area contributed by atoms with Gasteiger partial charge in [-0.05, 0) is 24.2 Å². The third-order valence-electron chi connectivity index (χ3n) is 3.22. The maximum atomic E-state index is 6.41. The lowest BCUT2D eigenvalue weighted by Gasteiger charge is -2.18. The molecule has 5 heteroatoms. The first-order chi connectivity index (χ1) is 9.82. The van der Waals surface area contributed by atoms with Gasteiger partial charge in [0, 0.05) is 20.3 Å². The summed E-state index contributed by atoms with van der Waals surface area (Å²) < 4.78 is 0.987. The Morgan fingerprint density at radius 3 is 2.62 bits per heavy atom. The molecule has 114 valence electrons. The number of hydrogen-bond acceptors (Lipinski definition) is 3. The van der Waals surface area contributed by atoms with Crippen LogP contribution in [0.5, 0.6) is 0 Å². The molecule has 0 spiro atoms. The summed E-state index contributed by atoms with van der Waals surface area (Å²) >= 11 is 11.6. The smallest absolute Gasteiger partial charge is 0.114 e. The predicted octanol–water partition coefficient (Wildman–Crippen LogP) is 5.56. The Hall–Kier alpha value is -0.420. The van der Waals surface area contributed by atoms with Gasteiger partial charge in [0.05, 0.1) is 11.7 Å². The highest BCUT2D eigenvalue weighted by Gasteiger charge is 2.23. The van der Waals surface area contributed by atoms with Crippen LogP contribution in [0.15, 0.2) is 28.1 Å². The van der Waals surface area contributed by atoms with Crippen LogP contribution in [0.3, 0.4) is 0 Å². The molecular weight excluding hydrogens is 368 g/mol. The number of benzene rings is 1. The Labute approximate surface area is 144 Å². The predicted molar refractivity (Wildman–Crippen MR) is 95.5 cm³/mol. The number of halogens is 2. The van der Waals surface area contributed by atoms with Gasteiger partial charge < -0.3 is 5.32 Å². The Morgan fingerprint density at radius 1 is 1.38 bits per heavy atom. The molecule has 0 radical (unpaired) electrons. The molecule has 1 heterocycles. The van der Waals surface area contributed by atoms with Gasteiger partial charge in [0.25, 0.3) is 0 Å². The monoisotopic (exact) mass is 386 g/mol. The molecule has 0 bridgehead atoms. The number of nitrogens with one attached hydrogen (secondary N) is 1. The second-order valence-corrected chi connectivity index (χ2v) is 8.19. The fourth-order valence-corrected chi connectivity index (χ4v) is 3.95. The number of aromatic nitrogens is 1. The van der Waals surface area contributed by atoms with Crippen molar-refractivity contribution >= 4 is 38.9 Å². The fourth-order valence-electron chi connectivity index (χ4n) is 2.03. The van der Waals surface area contributed by atoms with Gasteiger partial charge in [-0.1, -0.05) is 61.3 Å². The normalized spacial score (nSPS) is 13.4. The zero-order valence-corrected chi connectivity index (χ0v) is 15.9. The van der Waals surface area contributed by atoms with Crippen molar-refractivity contribution < 1.29 is 0 Å². The molecule has 1 atom stereocenters. The van der Waals surface area contributed by atoms with Crippen LogP contribution in [0.4, 0.5) is 0 Å². The minimum atomic E-state index is 0.0386. The van der Waals surface area contributed by atoms with E-state index in [1.807, 2.05) is 12.1 Å². The first kappa shape index (κ1) is 16.9. The van der Waals surface area contributed by atoms with Crippen molar-refractivity contribution in [2.24, 2.45) is 0 Å². The Morgan fingerprint density at radius 2 is 2.10 bits per heavy atom. The maximum absolute atomic E-state index is 6.41. The number of hydrogen-bond donors (Lipinski definition) is 1. The average molecular weight is 388 g/mol. The first-order valence-corrected chi connectivity index (χ1v) is 9.02. The van der Waals surface area contributed by atoms with Crippen LogP contribution in [0.2, 0.25) is 5.02 Å². The molecule has 2 rings (SSSR count). The Balaban J connectivity index is 2.41. The zero-order chi connectivity index (χ0) is 15.6. The highest BCUT2D eigenvalue weighted by Crippen LogP contribution is 2.34. The van der Waals surface area contributed by atoms with E-state index in [1.165, 1.54) is 0 Å². The maximum Gasteiger partial charge on any atom is 0.114 e. The third kappa shape index (κ3) is 4.07. The van der Waals surface area contributed by atoms with E-state index >= 15 is 0 Å². The van der Waals surface area contributed by atoms with Crippen molar-refractivity contribution in [1.82, 2.24) is 10.3 Å². The SMILES string of the molecule is CCNC(c1nc(C(C)(C)C)cs1)c1ccc(Br)cc1Cl. The molecule has 0 fully saturated rings. The van der Waals surface area contributed by atoms with E-state index in [-0.39, 0.29) is 11.5 Å². The highest BCUT2D eigenvalue weighted by molar-refractivity contribution is 9.10. The topological polar surface area (TPSA) is 24.9 Å². The summed E-state index contributed by atoms with van der Waals surface area (Å²) in [5, 5.41) is 7.45. The second-order valence-electron chi connectivity index (χ2n) is 5.98. The van der Waals surface area contributed by atoms with Crippen LogP contribution in [-0.4, -0.2) is 11.5 Å². The first-order valence-electron chi connectivity index (χ1n) is 6.97. The van der Waals surface area contributed by atoms with E-state index in [2.05, 4.69) is 60.4 Å². The van der Waals surface area contributed by atoms with Gasteiger partial charge in [-0.3, -0.25) is 0 Å². The molecule has 0 amide bonds. The molecular formula is C16H20BrClN2S. The molecule has 1 aromatic carbocycles. The summed E-state index contributed by atoms with van der Waals surface area (Å²) in [6.07, 6.45) is 0. The molecule has 2 nitrogen and oxygen atoms in total. The van der Waals surface area contributed by atoms with Crippen molar-refractivity contribution in [3.63, 3.8) is 0 Å². The molecule has 2 aromatic rings. The lowest BCUT2D eigenvalue weighted by molar-refractivity contribution is 0.562. The van der Waals surface area contributed by atoms with E-state index < -0.39 is 0 Å². The zero-order valence-electron chi connectivity index (χ0n) is 12.7. The van der Waals surface area contributed by atoms with Gasteiger partial charge >= 0.3 is 0 Å². The molecule has 21 heavy (non-hydrogen) atoms. The fraction of sp³-hybridized carbons (Fsp3) is 0.438. The number of thiazole rings is 1. The summed E-state index contributed by atoms with van der Waals surface area (Å²) in [5.41, 5.74) is 2.25. The largest absolute Gasteiger partial charge is 0.304 e. The molecule has 0 aliphatic carbocycles. The summed E-state index contributed by atoms with van der Waals surface area (Å²) in [5.74, 6) is 0. The molecule has 0 aliphatic heterocycles. The second kappa shape index (κ2) is 6.78. The van der Waals surface area contributed by atoms with Crippen LogP contribution in [0, 0.1) is 0 Å². The number of nitrogens with zero attached hydrogens (tertiary/aromatic N) is 1. The van der Waals surface area contributed by atoms with E-state index in [1.54, 1.807) is 11.3 Å². The number of rotatable bonds is 4. The average Bonchev–Trinajstić information content (AvgIpc) is 2.86. The van der Waals surface area contributed by atoms with Crippen molar-refractivity contribution in [3.05, 3.63) is 49.3 Å². The molecule has 1 aromatic heterocycles. The van der Waals surface area contributed by atoms with Crippen molar-refractivity contribution in [3.8, 4) is 0 Å². The van der Waals surface area contributed by atoms with Gasteiger partial charge in [0.1, 0.15) is 5.01 Å². The Bertz CT molecular complexity index is 619. The summed E-state index contributed by atoms with van der Waals surface area (Å²) in [6, 6.07) is 6.04. The lowest BCUT2D eigenvalue weighted by Crippen LogP contribution is -2.22. The molecule has 1 N–H and O–H groups in total. The van der Waals surface area contributed by atoms with Crippen LogP contribution in [0.25, 0.3) is 0 Å². The van der Waals surface area contributed by atoms with Gasteiger partial charge in [-0.2, -0.15) is 0 Å². The molecule has 1 unspecified atom stereocenters. The van der Waals surface area contributed by atoms with Gasteiger partial charge in [0.15, 0.2) is 0 Å². The highest BCUT2D eigenvalue weighted by atomic mass is 79.9. The third-order valence-corrected chi connectivity index (χ3v) is 4.95. The van der Waals surface area contributed by atoms with Gasteiger partial charge in [-0.25, -0.2) is 4.98 Å². The molecule has 0 aliphatic rings.